The first-order valence-electron chi connectivity index (χ1n) is 7.12. The van der Waals surface area contributed by atoms with Crippen LogP contribution in [0.4, 0.5) is 11.6 Å². The Kier molecular flexibility index (Phi) is 4.24. The molecule has 4 N–H and O–H groups in total. The minimum Gasteiger partial charge on any atom is -0.369 e. The molecule has 0 saturated heterocycles. The van der Waals surface area contributed by atoms with Crippen LogP contribution in [-0.2, 0) is 0 Å². The maximum absolute atomic E-state index is 5.46. The summed E-state index contributed by atoms with van der Waals surface area (Å²) in [6, 6.07) is 1.87. The predicted molar refractivity (Wildman–Crippen MR) is 79.0 cm³/mol. The Morgan fingerprint density at radius 3 is 2.47 bits per heavy atom. The second-order valence-electron chi connectivity index (χ2n) is 6.17. The zero-order valence-corrected chi connectivity index (χ0v) is 12.2. The quantitative estimate of drug-likeness (QED) is 0.562. The predicted octanol–water partition coefficient (Wildman–Crippen LogP) is 2.88. The molecule has 1 aromatic rings. The van der Waals surface area contributed by atoms with Gasteiger partial charge < -0.3 is 10.7 Å². The van der Waals surface area contributed by atoms with E-state index in [-0.39, 0.29) is 5.92 Å². The topological polar surface area (TPSA) is 75.9 Å². The molecule has 0 aromatic carbocycles. The maximum atomic E-state index is 5.46. The third-order valence-electron chi connectivity index (χ3n) is 3.91. The van der Waals surface area contributed by atoms with E-state index in [1.54, 1.807) is 0 Å². The third kappa shape index (κ3) is 3.56. The molecule has 1 heterocycles. The highest BCUT2D eigenvalue weighted by atomic mass is 15.3. The van der Waals surface area contributed by atoms with Gasteiger partial charge in [-0.15, -0.1) is 0 Å². The van der Waals surface area contributed by atoms with Crippen molar-refractivity contribution in [3.05, 3.63) is 11.9 Å². The molecule has 1 aromatic heterocycles. The molecule has 1 fully saturated rings. The van der Waals surface area contributed by atoms with E-state index in [1.165, 1.54) is 25.7 Å². The minimum absolute atomic E-state index is 0.288. The van der Waals surface area contributed by atoms with Crippen molar-refractivity contribution in [3.8, 4) is 0 Å². The third-order valence-corrected chi connectivity index (χ3v) is 3.91. The zero-order valence-electron chi connectivity index (χ0n) is 12.2. The second-order valence-corrected chi connectivity index (χ2v) is 6.17. The fourth-order valence-corrected chi connectivity index (χ4v) is 2.60. The number of aromatic nitrogens is 2. The molecular formula is C14H25N5. The molecule has 1 saturated carbocycles. The molecule has 0 aliphatic heterocycles. The van der Waals surface area contributed by atoms with E-state index < -0.39 is 0 Å². The molecule has 2 rings (SSSR count). The summed E-state index contributed by atoms with van der Waals surface area (Å²) >= 11 is 0. The highest BCUT2D eigenvalue weighted by Crippen LogP contribution is 2.37. The Balaban J connectivity index is 2.08. The monoisotopic (exact) mass is 263 g/mol. The first-order chi connectivity index (χ1) is 9.02. The Morgan fingerprint density at radius 1 is 1.26 bits per heavy atom. The van der Waals surface area contributed by atoms with Crippen molar-refractivity contribution in [3.63, 3.8) is 0 Å². The number of hydrogen-bond donors (Lipinski definition) is 3. The van der Waals surface area contributed by atoms with Crippen molar-refractivity contribution in [2.45, 2.75) is 52.4 Å². The summed E-state index contributed by atoms with van der Waals surface area (Å²) in [7, 11) is 0. The van der Waals surface area contributed by atoms with Gasteiger partial charge in [-0.2, -0.15) is 0 Å². The van der Waals surface area contributed by atoms with Gasteiger partial charge in [-0.1, -0.05) is 33.6 Å². The lowest BCUT2D eigenvalue weighted by Crippen LogP contribution is -2.24. The van der Waals surface area contributed by atoms with Gasteiger partial charge in [0.05, 0.1) is 0 Å². The summed E-state index contributed by atoms with van der Waals surface area (Å²) < 4.78 is 0. The van der Waals surface area contributed by atoms with Gasteiger partial charge in [-0.05, 0) is 18.3 Å². The molecule has 106 valence electrons. The molecule has 0 unspecified atom stereocenters. The van der Waals surface area contributed by atoms with E-state index in [2.05, 4.69) is 41.5 Å². The standard InChI is InChI=1S/C14H25N5/c1-10(2)13-17-11(8-12(18-13)19-15)16-9-14(3)6-4-5-7-14/h8,10H,4-7,9,15H2,1-3H3,(H2,16,17,18,19). The summed E-state index contributed by atoms with van der Waals surface area (Å²) in [5, 5.41) is 3.45. The smallest absolute Gasteiger partial charge is 0.145 e. The van der Waals surface area contributed by atoms with E-state index >= 15 is 0 Å². The lowest BCUT2D eigenvalue weighted by atomic mass is 9.89. The molecular weight excluding hydrogens is 238 g/mol. The Labute approximate surface area is 115 Å². The average molecular weight is 263 g/mol. The van der Waals surface area contributed by atoms with Crippen molar-refractivity contribution in [1.29, 1.82) is 0 Å². The van der Waals surface area contributed by atoms with Crippen LogP contribution in [0.15, 0.2) is 6.07 Å². The molecule has 0 atom stereocenters. The van der Waals surface area contributed by atoms with Gasteiger partial charge >= 0.3 is 0 Å². The molecule has 1 aliphatic rings. The molecule has 1 aliphatic carbocycles. The van der Waals surface area contributed by atoms with Crippen molar-refractivity contribution < 1.29 is 0 Å². The molecule has 19 heavy (non-hydrogen) atoms. The van der Waals surface area contributed by atoms with Crippen molar-refractivity contribution in [1.82, 2.24) is 9.97 Å². The Morgan fingerprint density at radius 2 is 1.89 bits per heavy atom. The number of nitrogens with zero attached hydrogens (tertiary/aromatic N) is 2. The fourth-order valence-electron chi connectivity index (χ4n) is 2.60. The van der Waals surface area contributed by atoms with Gasteiger partial charge in [0.15, 0.2) is 0 Å². The largest absolute Gasteiger partial charge is 0.369 e. The molecule has 0 bridgehead atoms. The molecule has 5 nitrogen and oxygen atoms in total. The number of nitrogens with two attached hydrogens (primary N) is 1. The van der Waals surface area contributed by atoms with Crippen LogP contribution in [0.3, 0.4) is 0 Å². The number of anilines is 2. The van der Waals surface area contributed by atoms with Gasteiger partial charge in [0.25, 0.3) is 0 Å². The van der Waals surface area contributed by atoms with Gasteiger partial charge in [0, 0.05) is 18.5 Å². The van der Waals surface area contributed by atoms with Gasteiger partial charge in [-0.3, -0.25) is 0 Å². The fraction of sp³-hybridized carbons (Fsp3) is 0.714. The van der Waals surface area contributed by atoms with E-state index in [0.29, 0.717) is 11.2 Å². The highest BCUT2D eigenvalue weighted by molar-refractivity contribution is 5.47. The van der Waals surface area contributed by atoms with Crippen molar-refractivity contribution in [2.75, 3.05) is 17.3 Å². The van der Waals surface area contributed by atoms with E-state index in [0.717, 1.165) is 18.2 Å². The van der Waals surface area contributed by atoms with Crippen LogP contribution >= 0.6 is 0 Å². The average Bonchev–Trinajstić information content (AvgIpc) is 2.83. The maximum Gasteiger partial charge on any atom is 0.145 e. The highest BCUT2D eigenvalue weighted by Gasteiger charge is 2.28. The number of nitrogen functional groups attached to an aromatic ring is 1. The number of rotatable bonds is 5. The lowest BCUT2D eigenvalue weighted by Gasteiger charge is -2.24. The van der Waals surface area contributed by atoms with Crippen LogP contribution in [0.2, 0.25) is 0 Å². The zero-order chi connectivity index (χ0) is 13.9. The van der Waals surface area contributed by atoms with E-state index in [4.69, 9.17) is 5.84 Å². The second kappa shape index (κ2) is 5.74. The van der Waals surface area contributed by atoms with Crippen LogP contribution in [0, 0.1) is 5.41 Å². The molecule has 0 spiro atoms. The van der Waals surface area contributed by atoms with E-state index in [9.17, 15) is 0 Å². The SMILES string of the molecule is CC(C)c1nc(NN)cc(NCC2(C)CCCC2)n1. The van der Waals surface area contributed by atoms with Crippen molar-refractivity contribution in [2.24, 2.45) is 11.3 Å². The summed E-state index contributed by atoms with van der Waals surface area (Å²) in [5.41, 5.74) is 3.01. The normalized spacial score (nSPS) is 17.7. The van der Waals surface area contributed by atoms with Gasteiger partial charge in [0.1, 0.15) is 17.5 Å². The van der Waals surface area contributed by atoms with Crippen LogP contribution in [0.25, 0.3) is 0 Å². The summed E-state index contributed by atoms with van der Waals surface area (Å²) in [5.74, 6) is 8.09. The number of hydrogen-bond acceptors (Lipinski definition) is 5. The van der Waals surface area contributed by atoms with Crippen LogP contribution in [0.1, 0.15) is 58.2 Å². The lowest BCUT2D eigenvalue weighted by molar-refractivity contribution is 0.361. The number of hydrazine groups is 1. The van der Waals surface area contributed by atoms with Crippen LogP contribution in [0.5, 0.6) is 0 Å². The summed E-state index contributed by atoms with van der Waals surface area (Å²) in [6.07, 6.45) is 5.28. The van der Waals surface area contributed by atoms with E-state index in [1.807, 2.05) is 6.07 Å². The van der Waals surface area contributed by atoms with Gasteiger partial charge in [0.2, 0.25) is 0 Å². The first-order valence-corrected chi connectivity index (χ1v) is 7.12. The summed E-state index contributed by atoms with van der Waals surface area (Å²) in [4.78, 5) is 8.92. The van der Waals surface area contributed by atoms with Crippen molar-refractivity contribution >= 4 is 11.6 Å². The Bertz CT molecular complexity index is 424. The first kappa shape index (κ1) is 14.1. The molecule has 5 heteroatoms. The summed E-state index contributed by atoms with van der Waals surface area (Å²) in [6.45, 7) is 7.47. The molecule has 0 amide bonds. The Hall–Kier alpha value is -1.36. The van der Waals surface area contributed by atoms with Gasteiger partial charge in [-0.25, -0.2) is 15.8 Å². The van der Waals surface area contributed by atoms with Crippen LogP contribution in [-0.4, -0.2) is 16.5 Å². The molecule has 0 radical (unpaired) electrons. The number of nitrogens with one attached hydrogen (secondary N) is 2. The minimum atomic E-state index is 0.288. The van der Waals surface area contributed by atoms with Crippen LogP contribution < -0.4 is 16.6 Å².